The van der Waals surface area contributed by atoms with E-state index in [0.29, 0.717) is 39.0 Å². The number of nitrogens with zero attached hydrogens (tertiary/aromatic N) is 2. The number of piperidine rings is 1. The third-order valence-corrected chi connectivity index (χ3v) is 6.27. The Hall–Kier alpha value is -2.00. The summed E-state index contributed by atoms with van der Waals surface area (Å²) < 4.78 is 10.8. The summed E-state index contributed by atoms with van der Waals surface area (Å²) in [5, 5.41) is 3.03. The van der Waals surface area contributed by atoms with Gasteiger partial charge in [-0.25, -0.2) is 14.7 Å². The molecule has 1 amide bonds. The summed E-state index contributed by atoms with van der Waals surface area (Å²) in [6.45, 7) is 7.57. The number of methoxy groups -OCH3 is 1. The van der Waals surface area contributed by atoms with Crippen LogP contribution in [0.4, 0.5) is 0 Å². The third-order valence-electron chi connectivity index (χ3n) is 6.27. The molecule has 2 saturated heterocycles. The minimum atomic E-state index is -1.22. The van der Waals surface area contributed by atoms with E-state index < -0.39 is 17.8 Å². The number of carbonyl (C=O) groups excluding carboxylic acids is 2. The number of rotatable bonds is 7. The summed E-state index contributed by atoms with van der Waals surface area (Å²) in [7, 11) is 2.94. The van der Waals surface area contributed by atoms with Gasteiger partial charge in [0.15, 0.2) is 11.8 Å². The number of ether oxygens (including phenoxy) is 2. The maximum atomic E-state index is 13.7. The van der Waals surface area contributed by atoms with E-state index in [-0.39, 0.29) is 12.3 Å². The summed E-state index contributed by atoms with van der Waals surface area (Å²) in [5.74, 6) is -0.756. The first-order chi connectivity index (χ1) is 14.8. The van der Waals surface area contributed by atoms with Gasteiger partial charge in [0.1, 0.15) is 0 Å². The second-order valence-corrected chi connectivity index (χ2v) is 8.42. The number of esters is 1. The van der Waals surface area contributed by atoms with Gasteiger partial charge in [0.25, 0.3) is 5.91 Å². The zero-order valence-corrected chi connectivity index (χ0v) is 19.2. The topological polar surface area (TPSA) is 77.5 Å². The highest BCUT2D eigenvalue weighted by molar-refractivity contribution is 5.88. The second-order valence-electron chi connectivity index (χ2n) is 8.42. The first-order valence-electron chi connectivity index (χ1n) is 10.9. The van der Waals surface area contributed by atoms with Gasteiger partial charge < -0.3 is 14.3 Å². The van der Waals surface area contributed by atoms with E-state index >= 15 is 0 Å². The van der Waals surface area contributed by atoms with Gasteiger partial charge in [0.2, 0.25) is 0 Å². The quantitative estimate of drug-likeness (QED) is 0.482. The Morgan fingerprint density at radius 1 is 1.16 bits per heavy atom. The molecule has 1 aromatic carbocycles. The summed E-state index contributed by atoms with van der Waals surface area (Å²) in [5.41, 5.74) is 2.97. The minimum Gasteiger partial charge on any atom is -0.467 e. The van der Waals surface area contributed by atoms with Gasteiger partial charge in [-0.15, -0.1) is 0 Å². The number of hydrogen-bond donors (Lipinski definition) is 0. The van der Waals surface area contributed by atoms with Crippen molar-refractivity contribution in [2.75, 3.05) is 33.9 Å². The zero-order valence-electron chi connectivity index (χ0n) is 19.2. The zero-order chi connectivity index (χ0) is 22.6. The van der Waals surface area contributed by atoms with Crippen LogP contribution in [0.3, 0.4) is 0 Å². The van der Waals surface area contributed by atoms with Crippen molar-refractivity contribution < 1.29 is 28.7 Å². The lowest BCUT2D eigenvalue weighted by Crippen LogP contribution is -2.63. The molecule has 0 aromatic heterocycles. The number of amides is 1. The largest absolute Gasteiger partial charge is 0.467 e. The van der Waals surface area contributed by atoms with E-state index in [9.17, 15) is 9.59 Å². The van der Waals surface area contributed by atoms with Crippen LogP contribution in [-0.4, -0.2) is 67.7 Å². The highest BCUT2D eigenvalue weighted by Gasteiger charge is 2.52. The molecule has 8 nitrogen and oxygen atoms in total. The van der Waals surface area contributed by atoms with E-state index in [2.05, 4.69) is 12.1 Å². The molecule has 3 rings (SSSR count). The van der Waals surface area contributed by atoms with E-state index in [1.165, 1.54) is 12.2 Å². The van der Waals surface area contributed by atoms with Crippen LogP contribution in [0.15, 0.2) is 12.1 Å². The van der Waals surface area contributed by atoms with Crippen LogP contribution in [0.5, 0.6) is 0 Å². The summed E-state index contributed by atoms with van der Waals surface area (Å²) in [6, 6.07) is 4.13. The number of carbonyl (C=O) groups is 2. The van der Waals surface area contributed by atoms with Gasteiger partial charge in [-0.3, -0.25) is 4.79 Å². The Balaban J connectivity index is 1.94. The molecule has 0 spiro atoms. The molecule has 31 heavy (non-hydrogen) atoms. The SMILES string of the molecule is COC(=O)C1(N(OC2CCCO2)C(=O)Cc2c(C)cc(C)cc2C)CCN(OC)CC1. The second kappa shape index (κ2) is 10.1. The van der Waals surface area contributed by atoms with Crippen LogP contribution < -0.4 is 0 Å². The molecule has 0 bridgehead atoms. The molecule has 0 saturated carbocycles. The molecular weight excluding hydrogens is 400 g/mol. The Bertz CT molecular complexity index is 774. The molecule has 1 unspecified atom stereocenters. The molecule has 2 aliphatic rings. The van der Waals surface area contributed by atoms with E-state index in [0.717, 1.165) is 28.7 Å². The average Bonchev–Trinajstić information content (AvgIpc) is 3.27. The molecule has 2 aliphatic heterocycles. The lowest BCUT2D eigenvalue weighted by atomic mass is 9.86. The Kier molecular flexibility index (Phi) is 7.69. The molecule has 1 atom stereocenters. The lowest BCUT2D eigenvalue weighted by molar-refractivity contribution is -0.299. The van der Waals surface area contributed by atoms with E-state index in [1.54, 1.807) is 12.2 Å². The van der Waals surface area contributed by atoms with Gasteiger partial charge in [-0.1, -0.05) is 17.7 Å². The molecule has 1 aromatic rings. The highest BCUT2D eigenvalue weighted by atomic mass is 16.8. The van der Waals surface area contributed by atoms with Gasteiger partial charge in [-0.2, -0.15) is 5.06 Å². The van der Waals surface area contributed by atoms with Gasteiger partial charge in [0.05, 0.1) is 27.2 Å². The monoisotopic (exact) mass is 434 g/mol. The predicted octanol–water partition coefficient (Wildman–Crippen LogP) is 2.62. The normalized spacial score (nSPS) is 21.1. The first kappa shape index (κ1) is 23.7. The fourth-order valence-corrected chi connectivity index (χ4v) is 4.58. The van der Waals surface area contributed by atoms with Crippen molar-refractivity contribution in [1.29, 1.82) is 0 Å². The molecule has 0 aliphatic carbocycles. The van der Waals surface area contributed by atoms with E-state index in [1.807, 2.05) is 20.8 Å². The number of aryl methyl sites for hydroxylation is 3. The maximum Gasteiger partial charge on any atom is 0.334 e. The molecule has 0 radical (unpaired) electrons. The molecule has 2 heterocycles. The van der Waals surface area contributed by atoms with Crippen LogP contribution in [0.1, 0.15) is 47.9 Å². The Labute approximate surface area is 184 Å². The molecule has 172 valence electrons. The van der Waals surface area contributed by atoms with Crippen LogP contribution in [0, 0.1) is 20.8 Å². The number of benzene rings is 1. The van der Waals surface area contributed by atoms with Crippen molar-refractivity contribution in [1.82, 2.24) is 10.1 Å². The number of hydrogen-bond acceptors (Lipinski definition) is 7. The van der Waals surface area contributed by atoms with Crippen LogP contribution in [0.2, 0.25) is 0 Å². The van der Waals surface area contributed by atoms with Crippen molar-refractivity contribution in [2.24, 2.45) is 0 Å². The summed E-state index contributed by atoms with van der Waals surface area (Å²) >= 11 is 0. The summed E-state index contributed by atoms with van der Waals surface area (Å²) in [6.07, 6.45) is 1.80. The Morgan fingerprint density at radius 2 is 1.81 bits per heavy atom. The van der Waals surface area contributed by atoms with Crippen LogP contribution in [0.25, 0.3) is 0 Å². The van der Waals surface area contributed by atoms with Crippen LogP contribution >= 0.6 is 0 Å². The van der Waals surface area contributed by atoms with Crippen molar-refractivity contribution >= 4 is 11.9 Å². The first-order valence-corrected chi connectivity index (χ1v) is 10.9. The summed E-state index contributed by atoms with van der Waals surface area (Å²) in [4.78, 5) is 38.1. The van der Waals surface area contributed by atoms with Crippen molar-refractivity contribution in [3.8, 4) is 0 Å². The highest BCUT2D eigenvalue weighted by Crippen LogP contribution is 2.34. The van der Waals surface area contributed by atoms with Crippen LogP contribution in [-0.2, 0) is 35.2 Å². The molecule has 0 N–H and O–H groups in total. The van der Waals surface area contributed by atoms with E-state index in [4.69, 9.17) is 19.1 Å². The Morgan fingerprint density at radius 3 is 2.32 bits per heavy atom. The molecular formula is C23H34N2O6. The third kappa shape index (κ3) is 5.09. The fourth-order valence-electron chi connectivity index (χ4n) is 4.58. The standard InChI is InChI=1S/C23H34N2O6/c1-16-13-17(2)19(18(3)14-16)15-20(26)25(31-21-7-6-12-30-21)23(22(27)28-4)8-10-24(29-5)11-9-23/h13-14,21H,6-12,15H2,1-5H3. The minimum absolute atomic E-state index is 0.136. The predicted molar refractivity (Wildman–Crippen MR) is 114 cm³/mol. The maximum absolute atomic E-state index is 13.7. The fraction of sp³-hybridized carbons (Fsp3) is 0.652. The smallest absolute Gasteiger partial charge is 0.334 e. The lowest BCUT2D eigenvalue weighted by Gasteiger charge is -2.45. The number of hydroxylamine groups is 4. The van der Waals surface area contributed by atoms with Crippen molar-refractivity contribution in [3.63, 3.8) is 0 Å². The molecule has 2 fully saturated rings. The van der Waals surface area contributed by atoms with Gasteiger partial charge >= 0.3 is 5.97 Å². The van der Waals surface area contributed by atoms with Crippen molar-refractivity contribution in [3.05, 3.63) is 34.4 Å². The van der Waals surface area contributed by atoms with Crippen molar-refractivity contribution in [2.45, 2.75) is 64.7 Å². The molecule has 8 heteroatoms. The van der Waals surface area contributed by atoms with Gasteiger partial charge in [0, 0.05) is 19.5 Å². The average molecular weight is 435 g/mol. The van der Waals surface area contributed by atoms with Gasteiger partial charge in [-0.05, 0) is 56.7 Å².